The highest BCUT2D eigenvalue weighted by molar-refractivity contribution is 7.99. The number of hydrogen-bond donors (Lipinski definition) is 0. The monoisotopic (exact) mass is 417 g/mol. The topological polar surface area (TPSA) is 43.1 Å². The summed E-state index contributed by atoms with van der Waals surface area (Å²) in [4.78, 5) is 16.6. The number of nitrogens with zero attached hydrogens (tertiary/aromatic N) is 1. The van der Waals surface area contributed by atoms with Crippen LogP contribution < -0.4 is 5.63 Å². The molecule has 3 nitrogen and oxygen atoms in total. The quantitative estimate of drug-likeness (QED) is 0.204. The van der Waals surface area contributed by atoms with E-state index in [-0.39, 0.29) is 5.63 Å². The van der Waals surface area contributed by atoms with Gasteiger partial charge in [0.15, 0.2) is 0 Å². The average Bonchev–Trinajstić information content (AvgIpc) is 2.71. The Labute approximate surface area is 181 Å². The van der Waals surface area contributed by atoms with E-state index in [2.05, 4.69) is 11.9 Å². The van der Waals surface area contributed by atoms with E-state index in [0.717, 1.165) is 23.3 Å². The molecule has 4 heteroatoms. The number of fused-ring (bicyclic) bond motifs is 1. The lowest BCUT2D eigenvalue weighted by atomic mass is 10.0. The molecule has 1 heterocycles. The third-order valence-corrected chi connectivity index (χ3v) is 6.40. The van der Waals surface area contributed by atoms with Crippen molar-refractivity contribution in [1.82, 2.24) is 4.98 Å². The van der Waals surface area contributed by atoms with Crippen LogP contribution in [0.5, 0.6) is 0 Å². The van der Waals surface area contributed by atoms with Gasteiger partial charge >= 0.3 is 5.63 Å². The van der Waals surface area contributed by atoms with E-state index in [0.29, 0.717) is 10.6 Å². The molecule has 0 spiro atoms. The third kappa shape index (κ3) is 9.84. The van der Waals surface area contributed by atoms with Gasteiger partial charge in [-0.15, -0.1) is 0 Å². The maximum absolute atomic E-state index is 12.1. The normalized spacial score (nSPS) is 11.4. The Kier molecular flexibility index (Phi) is 12.1. The molecule has 0 aliphatic rings. The molecular weight excluding hydrogens is 378 g/mol. The summed E-state index contributed by atoms with van der Waals surface area (Å²) < 4.78 is 5.36. The molecule has 29 heavy (non-hydrogen) atoms. The van der Waals surface area contributed by atoms with Crippen LogP contribution in [-0.4, -0.2) is 10.7 Å². The summed E-state index contributed by atoms with van der Waals surface area (Å²) in [6, 6.07) is 5.73. The zero-order chi connectivity index (χ0) is 20.7. The molecule has 0 radical (unpaired) electrons. The van der Waals surface area contributed by atoms with E-state index in [1.807, 2.05) is 25.1 Å². The Balaban J connectivity index is 1.46. The first kappa shape index (κ1) is 24.0. The molecule has 1 aromatic carbocycles. The van der Waals surface area contributed by atoms with Gasteiger partial charge in [0.2, 0.25) is 0 Å². The standard InChI is InChI=1S/C25H39NO2S/c1-3-4-5-6-7-8-9-10-11-12-13-14-15-16-19-29-25-26-23-18-17-21(2)20-22(23)24(27)28-25/h17-18,20H,3-16,19H2,1-2H3. The van der Waals surface area contributed by atoms with Crippen molar-refractivity contribution in [1.29, 1.82) is 0 Å². The lowest BCUT2D eigenvalue weighted by molar-refractivity contribution is 0.401. The number of rotatable bonds is 16. The molecule has 0 aliphatic carbocycles. The van der Waals surface area contributed by atoms with Crippen LogP contribution in [0, 0.1) is 6.92 Å². The van der Waals surface area contributed by atoms with Gasteiger partial charge in [-0.2, -0.15) is 0 Å². The van der Waals surface area contributed by atoms with Crippen LogP contribution >= 0.6 is 11.8 Å². The van der Waals surface area contributed by atoms with Gasteiger partial charge in [0, 0.05) is 5.75 Å². The zero-order valence-electron chi connectivity index (χ0n) is 18.5. The molecule has 0 bridgehead atoms. The lowest BCUT2D eigenvalue weighted by Crippen LogP contribution is -2.02. The molecule has 0 aliphatic heterocycles. The molecule has 0 unspecified atom stereocenters. The number of aromatic nitrogens is 1. The van der Waals surface area contributed by atoms with Crippen molar-refractivity contribution in [2.45, 2.75) is 109 Å². The van der Waals surface area contributed by atoms with Crippen LogP contribution in [0.2, 0.25) is 0 Å². The second kappa shape index (κ2) is 14.7. The highest BCUT2D eigenvalue weighted by atomic mass is 32.2. The third-order valence-electron chi connectivity index (χ3n) is 5.49. The summed E-state index contributed by atoms with van der Waals surface area (Å²) in [7, 11) is 0. The number of benzene rings is 1. The molecule has 0 fully saturated rings. The number of thioether (sulfide) groups is 1. The fraction of sp³-hybridized carbons (Fsp3) is 0.680. The molecule has 0 amide bonds. The van der Waals surface area contributed by atoms with Gasteiger partial charge < -0.3 is 4.42 Å². The minimum absolute atomic E-state index is 0.276. The minimum Gasteiger partial charge on any atom is -0.397 e. The van der Waals surface area contributed by atoms with E-state index in [1.165, 1.54) is 83.5 Å². The van der Waals surface area contributed by atoms with Crippen molar-refractivity contribution in [3.05, 3.63) is 34.2 Å². The molecule has 0 atom stereocenters. The second-order valence-electron chi connectivity index (χ2n) is 8.23. The Morgan fingerprint density at radius 2 is 1.38 bits per heavy atom. The van der Waals surface area contributed by atoms with Gasteiger partial charge in [0.1, 0.15) is 0 Å². The first-order valence-electron chi connectivity index (χ1n) is 11.7. The SMILES string of the molecule is CCCCCCCCCCCCCCCCSc1nc2ccc(C)cc2c(=O)o1. The Morgan fingerprint density at radius 1 is 0.828 bits per heavy atom. The molecule has 2 aromatic rings. The van der Waals surface area contributed by atoms with Gasteiger partial charge in [0.25, 0.3) is 5.22 Å². The number of unbranched alkanes of at least 4 members (excludes halogenated alkanes) is 13. The summed E-state index contributed by atoms with van der Waals surface area (Å²) in [5, 5.41) is 1.08. The van der Waals surface area contributed by atoms with Crippen LogP contribution in [0.3, 0.4) is 0 Å². The largest absolute Gasteiger partial charge is 0.397 e. The van der Waals surface area contributed by atoms with Gasteiger partial charge in [-0.1, -0.05) is 114 Å². The van der Waals surface area contributed by atoms with Crippen molar-refractivity contribution in [2.75, 3.05) is 5.75 Å². The van der Waals surface area contributed by atoms with Crippen LogP contribution in [-0.2, 0) is 0 Å². The predicted molar refractivity (Wildman–Crippen MR) is 126 cm³/mol. The molecule has 0 saturated heterocycles. The van der Waals surface area contributed by atoms with Crippen LogP contribution in [0.1, 0.15) is 102 Å². The maximum Gasteiger partial charge on any atom is 0.347 e. The summed E-state index contributed by atoms with van der Waals surface area (Å²) in [5.41, 5.74) is 1.51. The van der Waals surface area contributed by atoms with E-state index in [4.69, 9.17) is 4.42 Å². The zero-order valence-corrected chi connectivity index (χ0v) is 19.3. The first-order valence-corrected chi connectivity index (χ1v) is 12.7. The van der Waals surface area contributed by atoms with E-state index >= 15 is 0 Å². The van der Waals surface area contributed by atoms with Crippen molar-refractivity contribution in [3.8, 4) is 0 Å². The summed E-state index contributed by atoms with van der Waals surface area (Å²) in [6.45, 7) is 4.25. The number of hydrogen-bond acceptors (Lipinski definition) is 4. The van der Waals surface area contributed by atoms with Gasteiger partial charge in [-0.05, 0) is 25.5 Å². The summed E-state index contributed by atoms with van der Waals surface area (Å²) >= 11 is 1.56. The predicted octanol–water partition coefficient (Wildman–Crippen LogP) is 8.07. The molecular formula is C25H39NO2S. The fourth-order valence-electron chi connectivity index (χ4n) is 3.68. The highest BCUT2D eigenvalue weighted by Gasteiger charge is 2.07. The van der Waals surface area contributed by atoms with E-state index < -0.39 is 0 Å². The lowest BCUT2D eigenvalue weighted by Gasteiger charge is -2.04. The van der Waals surface area contributed by atoms with E-state index in [9.17, 15) is 4.79 Å². The Hall–Kier alpha value is -1.29. The smallest absolute Gasteiger partial charge is 0.347 e. The first-order chi connectivity index (χ1) is 14.2. The summed E-state index contributed by atoms with van der Waals surface area (Å²) in [6.07, 6.45) is 19.2. The van der Waals surface area contributed by atoms with Crippen molar-refractivity contribution >= 4 is 22.7 Å². The van der Waals surface area contributed by atoms with Crippen LogP contribution in [0.25, 0.3) is 10.9 Å². The van der Waals surface area contributed by atoms with Gasteiger partial charge in [-0.3, -0.25) is 0 Å². The minimum atomic E-state index is -0.276. The summed E-state index contributed by atoms with van der Waals surface area (Å²) in [5.74, 6) is 0.964. The molecule has 0 saturated carbocycles. The van der Waals surface area contributed by atoms with Crippen LogP contribution in [0.4, 0.5) is 0 Å². The van der Waals surface area contributed by atoms with Crippen LogP contribution in [0.15, 0.2) is 32.6 Å². The average molecular weight is 418 g/mol. The van der Waals surface area contributed by atoms with Gasteiger partial charge in [0.05, 0.1) is 10.9 Å². The number of aryl methyl sites for hydroxylation is 1. The van der Waals surface area contributed by atoms with Crippen molar-refractivity contribution in [2.24, 2.45) is 0 Å². The second-order valence-corrected chi connectivity index (χ2v) is 9.28. The molecule has 0 N–H and O–H groups in total. The fourth-order valence-corrected chi connectivity index (χ4v) is 4.50. The van der Waals surface area contributed by atoms with Crippen molar-refractivity contribution in [3.63, 3.8) is 0 Å². The maximum atomic E-state index is 12.1. The molecule has 162 valence electrons. The van der Waals surface area contributed by atoms with Gasteiger partial charge in [-0.25, -0.2) is 9.78 Å². The molecule has 1 aromatic heterocycles. The molecule has 2 rings (SSSR count). The van der Waals surface area contributed by atoms with E-state index in [1.54, 1.807) is 11.8 Å². The van der Waals surface area contributed by atoms with Crippen molar-refractivity contribution < 1.29 is 4.42 Å². The highest BCUT2D eigenvalue weighted by Crippen LogP contribution is 2.20. The Morgan fingerprint density at radius 3 is 1.97 bits per heavy atom. The Bertz CT molecular complexity index is 756.